The fourth-order valence-electron chi connectivity index (χ4n) is 2.46. The summed E-state index contributed by atoms with van der Waals surface area (Å²) < 4.78 is 25.9. The fourth-order valence-corrected chi connectivity index (χ4v) is 2.46. The van der Waals surface area contributed by atoms with Crippen LogP contribution in [0, 0.1) is 11.5 Å². The van der Waals surface area contributed by atoms with Crippen molar-refractivity contribution in [3.05, 3.63) is 0 Å². The molecule has 0 spiro atoms. The quantitative estimate of drug-likeness (QED) is 0.183. The lowest BCUT2D eigenvalue weighted by Crippen LogP contribution is -2.36. The largest absolute Gasteiger partial charge is 0.457 e. The molecule has 0 saturated carbocycles. The third kappa shape index (κ3) is 4.76. The Kier molecular flexibility index (Phi) is 6.69. The summed E-state index contributed by atoms with van der Waals surface area (Å²) in [7, 11) is 0. The highest BCUT2D eigenvalue weighted by atomic mass is 16.7. The van der Waals surface area contributed by atoms with Crippen LogP contribution in [0.2, 0.25) is 0 Å². The van der Waals surface area contributed by atoms with Gasteiger partial charge in [-0.1, -0.05) is 0 Å². The number of nitriles is 1. The van der Waals surface area contributed by atoms with E-state index in [0.29, 0.717) is 0 Å². The van der Waals surface area contributed by atoms with Gasteiger partial charge < -0.3 is 23.7 Å². The van der Waals surface area contributed by atoms with Crippen LogP contribution in [0.5, 0.6) is 0 Å². The number of rotatable bonds is 8. The maximum absolute atomic E-state index is 11.6. The molecular formula is C14H16N2O8. The molecule has 24 heavy (non-hydrogen) atoms. The molecule has 0 unspecified atom stereocenters. The lowest BCUT2D eigenvalue weighted by Gasteiger charge is -2.17. The van der Waals surface area contributed by atoms with Crippen molar-refractivity contribution in [2.45, 2.75) is 37.3 Å². The summed E-state index contributed by atoms with van der Waals surface area (Å²) in [4.78, 5) is 36.4. The highest BCUT2D eigenvalue weighted by Crippen LogP contribution is 2.30. The molecule has 2 aliphatic heterocycles. The first kappa shape index (κ1) is 17.9. The van der Waals surface area contributed by atoms with Crippen molar-refractivity contribution in [3.8, 4) is 6.26 Å². The summed E-state index contributed by atoms with van der Waals surface area (Å²) in [6.07, 6.45) is 0.460. The molecule has 2 rings (SSSR count). The van der Waals surface area contributed by atoms with E-state index in [1.807, 2.05) is 0 Å². The second-order valence-electron chi connectivity index (χ2n) is 5.07. The predicted octanol–water partition coefficient (Wildman–Crippen LogP) is -0.779. The third-order valence-corrected chi connectivity index (χ3v) is 3.49. The van der Waals surface area contributed by atoms with Gasteiger partial charge in [0.15, 0.2) is 12.2 Å². The molecule has 130 valence electrons. The zero-order chi connectivity index (χ0) is 17.4. The van der Waals surface area contributed by atoms with Gasteiger partial charge in [-0.2, -0.15) is 5.26 Å². The van der Waals surface area contributed by atoms with Crippen LogP contribution in [0.3, 0.4) is 0 Å². The Hall–Kier alpha value is -2.47. The summed E-state index contributed by atoms with van der Waals surface area (Å²) in [5, 5.41) is 8.23. The lowest BCUT2D eigenvalue weighted by molar-refractivity contribution is -0.155. The van der Waals surface area contributed by atoms with Gasteiger partial charge in [0.05, 0.1) is 32.6 Å². The van der Waals surface area contributed by atoms with Crippen molar-refractivity contribution in [1.29, 1.82) is 5.26 Å². The maximum atomic E-state index is 11.6. The third-order valence-electron chi connectivity index (χ3n) is 3.49. The van der Waals surface area contributed by atoms with E-state index in [-0.39, 0.29) is 39.2 Å². The smallest absolute Gasteiger partial charge is 0.309 e. The Bertz CT molecular complexity index is 553. The van der Waals surface area contributed by atoms with Crippen LogP contribution in [0.1, 0.15) is 12.8 Å². The molecule has 0 amide bonds. The van der Waals surface area contributed by atoms with Gasteiger partial charge in [0.25, 0.3) is 6.26 Å². The van der Waals surface area contributed by atoms with E-state index in [0.717, 1.165) is 0 Å². The highest BCUT2D eigenvalue weighted by Gasteiger charge is 2.51. The van der Waals surface area contributed by atoms with Crippen LogP contribution < -0.4 is 0 Å². The Morgan fingerprint density at radius 1 is 1.08 bits per heavy atom. The monoisotopic (exact) mass is 340 g/mol. The highest BCUT2D eigenvalue weighted by molar-refractivity contribution is 5.70. The van der Waals surface area contributed by atoms with Crippen LogP contribution >= 0.6 is 0 Å². The van der Waals surface area contributed by atoms with E-state index >= 15 is 0 Å². The van der Waals surface area contributed by atoms with Gasteiger partial charge in [-0.15, -0.1) is 0 Å². The Balaban J connectivity index is 1.77. The zero-order valence-corrected chi connectivity index (χ0v) is 12.7. The predicted molar refractivity (Wildman–Crippen MR) is 73.0 cm³/mol. The number of nitrogens with zero attached hydrogens (tertiary/aromatic N) is 2. The summed E-state index contributed by atoms with van der Waals surface area (Å²) in [6.45, 7) is 0.213. The molecule has 2 fully saturated rings. The average molecular weight is 340 g/mol. The molecule has 0 radical (unpaired) electrons. The van der Waals surface area contributed by atoms with E-state index in [9.17, 15) is 14.4 Å². The van der Waals surface area contributed by atoms with Gasteiger partial charge in [-0.25, -0.2) is 9.79 Å². The minimum Gasteiger partial charge on any atom is -0.457 e. The molecule has 0 aromatic carbocycles. The van der Waals surface area contributed by atoms with Gasteiger partial charge in [-0.3, -0.25) is 9.59 Å². The molecular weight excluding hydrogens is 324 g/mol. The fraction of sp³-hybridized carbons (Fsp3) is 0.714. The SMILES string of the molecule is N#COCCC(=O)O[C@@H]1CO[C@H]2[C@@H]1OC[C@H]2OC(=O)CCN=C=O. The van der Waals surface area contributed by atoms with Crippen LogP contribution in [0.4, 0.5) is 0 Å². The number of carbonyl (C=O) groups is 2. The average Bonchev–Trinajstić information content (AvgIpc) is 3.12. The van der Waals surface area contributed by atoms with Crippen molar-refractivity contribution in [3.63, 3.8) is 0 Å². The molecule has 0 aromatic rings. The van der Waals surface area contributed by atoms with Crippen LogP contribution in [0.15, 0.2) is 4.99 Å². The summed E-state index contributed by atoms with van der Waals surface area (Å²) in [6, 6.07) is 0. The molecule has 2 saturated heterocycles. The topological polar surface area (TPSA) is 134 Å². The molecule has 0 N–H and O–H groups in total. The molecule has 10 heteroatoms. The number of aliphatic imine (C=N–C) groups is 1. The van der Waals surface area contributed by atoms with E-state index in [1.165, 1.54) is 12.3 Å². The van der Waals surface area contributed by atoms with E-state index in [2.05, 4.69) is 9.73 Å². The van der Waals surface area contributed by atoms with Crippen molar-refractivity contribution in [1.82, 2.24) is 0 Å². The van der Waals surface area contributed by atoms with E-state index in [4.69, 9.17) is 24.2 Å². The first-order valence-corrected chi connectivity index (χ1v) is 7.32. The molecule has 2 heterocycles. The van der Waals surface area contributed by atoms with Crippen molar-refractivity contribution < 1.29 is 38.1 Å². The van der Waals surface area contributed by atoms with Gasteiger partial charge in [-0.05, 0) is 0 Å². The van der Waals surface area contributed by atoms with Crippen LogP contribution in [-0.2, 0) is 38.1 Å². The molecule has 0 aromatic heterocycles. The minimum atomic E-state index is -0.604. The van der Waals surface area contributed by atoms with Crippen LogP contribution in [0.25, 0.3) is 0 Å². The number of hydrogen-bond donors (Lipinski definition) is 0. The number of isocyanates is 1. The first-order chi connectivity index (χ1) is 11.7. The minimum absolute atomic E-state index is 0.00979. The number of hydrogen-bond acceptors (Lipinski definition) is 10. The molecule has 0 aliphatic carbocycles. The first-order valence-electron chi connectivity index (χ1n) is 7.32. The Morgan fingerprint density at radius 3 is 2.21 bits per heavy atom. The van der Waals surface area contributed by atoms with Gasteiger partial charge in [0.1, 0.15) is 18.8 Å². The number of esters is 2. The number of carbonyl (C=O) groups excluding carboxylic acids is 3. The van der Waals surface area contributed by atoms with E-state index < -0.39 is 36.4 Å². The Morgan fingerprint density at radius 2 is 1.67 bits per heavy atom. The van der Waals surface area contributed by atoms with Gasteiger partial charge in [0, 0.05) is 0 Å². The molecule has 2 aliphatic rings. The van der Waals surface area contributed by atoms with Gasteiger partial charge >= 0.3 is 11.9 Å². The van der Waals surface area contributed by atoms with Crippen molar-refractivity contribution in [2.75, 3.05) is 26.4 Å². The second-order valence-corrected chi connectivity index (χ2v) is 5.07. The Labute approximate surface area is 137 Å². The van der Waals surface area contributed by atoms with E-state index in [1.54, 1.807) is 0 Å². The summed E-state index contributed by atoms with van der Waals surface area (Å²) in [5.74, 6) is -1.06. The van der Waals surface area contributed by atoms with Gasteiger partial charge in [0.2, 0.25) is 6.08 Å². The summed E-state index contributed by atoms with van der Waals surface area (Å²) >= 11 is 0. The maximum Gasteiger partial charge on any atom is 0.309 e. The number of fused-ring (bicyclic) bond motifs is 1. The molecule has 4 atom stereocenters. The van der Waals surface area contributed by atoms with Crippen molar-refractivity contribution in [2.24, 2.45) is 4.99 Å². The number of ether oxygens (including phenoxy) is 5. The zero-order valence-electron chi connectivity index (χ0n) is 12.7. The molecule has 0 bridgehead atoms. The van der Waals surface area contributed by atoms with Crippen molar-refractivity contribution >= 4 is 18.0 Å². The standard InChI is InChI=1S/C14H16N2O8/c15-7-20-4-2-12(19)24-10-6-22-13-9(5-21-14(10)13)23-11(18)1-3-16-8-17/h9-10,13-14H,1-6H2/t9-,10-,13-,14-/m1/s1. The molecule has 10 nitrogen and oxygen atoms in total. The second kappa shape index (κ2) is 8.98. The lowest BCUT2D eigenvalue weighted by atomic mass is 10.1. The normalized spacial score (nSPS) is 27.5. The van der Waals surface area contributed by atoms with Crippen LogP contribution in [-0.4, -0.2) is 68.8 Å². The summed E-state index contributed by atoms with van der Waals surface area (Å²) in [5.41, 5.74) is 0.